The summed E-state index contributed by atoms with van der Waals surface area (Å²) < 4.78 is 2.14. The Hall–Kier alpha value is -3.83. The number of hydrogen-bond acceptors (Lipinski definition) is 2. The number of nitrogens with zero attached hydrogens (tertiary/aromatic N) is 3. The van der Waals surface area contributed by atoms with Gasteiger partial charge in [0.15, 0.2) is 0 Å². The lowest BCUT2D eigenvalue weighted by molar-refractivity contribution is -0.119. The van der Waals surface area contributed by atoms with Gasteiger partial charge in [-0.15, -0.1) is 0 Å². The van der Waals surface area contributed by atoms with Gasteiger partial charge in [0.05, 0.1) is 17.1 Å². The molecule has 4 aromatic rings. The van der Waals surface area contributed by atoms with E-state index >= 15 is 0 Å². The van der Waals surface area contributed by atoms with E-state index in [9.17, 15) is 9.59 Å². The van der Waals surface area contributed by atoms with E-state index in [1.165, 1.54) is 5.56 Å². The highest BCUT2D eigenvalue weighted by Crippen LogP contribution is 2.43. The summed E-state index contributed by atoms with van der Waals surface area (Å²) >= 11 is 6.22. The summed E-state index contributed by atoms with van der Waals surface area (Å²) in [6.45, 7) is 6.48. The van der Waals surface area contributed by atoms with Crippen LogP contribution >= 0.6 is 11.6 Å². The second-order valence-corrected chi connectivity index (χ2v) is 11.9. The predicted molar refractivity (Wildman–Crippen MR) is 156 cm³/mol. The van der Waals surface area contributed by atoms with E-state index in [0.717, 1.165) is 35.5 Å². The number of benzene rings is 3. The lowest BCUT2D eigenvalue weighted by atomic mass is 9.86. The normalized spacial score (nSPS) is 16.4. The molecule has 3 aromatic carbocycles. The fourth-order valence-corrected chi connectivity index (χ4v) is 5.60. The molecule has 1 saturated carbocycles. The molecule has 2 amide bonds. The molecule has 2 aliphatic rings. The van der Waals surface area contributed by atoms with Crippen LogP contribution in [0.25, 0.3) is 5.69 Å². The maximum Gasteiger partial charge on any atom is 0.254 e. The van der Waals surface area contributed by atoms with Crippen LogP contribution in [0.4, 0.5) is 5.69 Å². The third-order valence-corrected chi connectivity index (χ3v) is 7.98. The molecule has 0 saturated heterocycles. The number of hydrogen-bond donors (Lipinski definition) is 0. The van der Waals surface area contributed by atoms with Gasteiger partial charge in [0.1, 0.15) is 12.6 Å². The molecule has 1 unspecified atom stereocenters. The van der Waals surface area contributed by atoms with E-state index in [0.29, 0.717) is 10.6 Å². The SMILES string of the molecule is CC(C)(C)c1ccc(C(=O)N(CC(=O)N2c3ccccc3-n3cccc3C2c2ccc(Cl)cc2)C2CC2)cc1. The summed E-state index contributed by atoms with van der Waals surface area (Å²) in [7, 11) is 0. The van der Waals surface area contributed by atoms with Gasteiger partial charge >= 0.3 is 0 Å². The first-order chi connectivity index (χ1) is 18.7. The van der Waals surface area contributed by atoms with E-state index in [-0.39, 0.29) is 35.9 Å². The molecule has 6 heteroatoms. The summed E-state index contributed by atoms with van der Waals surface area (Å²) in [5.41, 5.74) is 5.51. The van der Waals surface area contributed by atoms with E-state index < -0.39 is 0 Å². The second kappa shape index (κ2) is 9.73. The number of carbonyl (C=O) groups excluding carboxylic acids is 2. The monoisotopic (exact) mass is 537 g/mol. The van der Waals surface area contributed by atoms with Crippen molar-refractivity contribution in [1.82, 2.24) is 9.47 Å². The van der Waals surface area contributed by atoms with Crippen molar-refractivity contribution in [2.45, 2.75) is 51.1 Å². The van der Waals surface area contributed by atoms with E-state index in [1.807, 2.05) is 90.0 Å². The van der Waals surface area contributed by atoms with Crippen LogP contribution in [0.5, 0.6) is 0 Å². The molecular weight excluding hydrogens is 506 g/mol. The van der Waals surface area contributed by atoms with Crippen molar-refractivity contribution in [3.05, 3.63) is 119 Å². The average molecular weight is 538 g/mol. The highest BCUT2D eigenvalue weighted by molar-refractivity contribution is 6.30. The van der Waals surface area contributed by atoms with Gasteiger partial charge < -0.3 is 9.47 Å². The molecule has 0 radical (unpaired) electrons. The number of rotatable bonds is 5. The number of amides is 2. The first-order valence-electron chi connectivity index (χ1n) is 13.5. The minimum Gasteiger partial charge on any atom is -0.326 e. The molecular formula is C33H32ClN3O2. The Morgan fingerprint density at radius 1 is 0.872 bits per heavy atom. The van der Waals surface area contributed by atoms with E-state index in [2.05, 4.69) is 31.4 Å². The van der Waals surface area contributed by atoms with Crippen LogP contribution in [0.3, 0.4) is 0 Å². The molecule has 1 aromatic heterocycles. The van der Waals surface area contributed by atoms with Crippen LogP contribution in [0.15, 0.2) is 91.1 Å². The Balaban J connectivity index is 1.36. The molecule has 5 nitrogen and oxygen atoms in total. The Bertz CT molecular complexity index is 1530. The van der Waals surface area contributed by atoms with Crippen molar-refractivity contribution in [3.63, 3.8) is 0 Å². The van der Waals surface area contributed by atoms with Crippen molar-refractivity contribution in [1.29, 1.82) is 0 Å². The van der Waals surface area contributed by atoms with E-state index in [1.54, 1.807) is 4.90 Å². The number of fused-ring (bicyclic) bond motifs is 3. The summed E-state index contributed by atoms with van der Waals surface area (Å²) in [5.74, 6) is -0.204. The zero-order valence-electron chi connectivity index (χ0n) is 22.5. The molecule has 0 bridgehead atoms. The Morgan fingerprint density at radius 2 is 1.54 bits per heavy atom. The highest BCUT2D eigenvalue weighted by atomic mass is 35.5. The Labute approximate surface area is 234 Å². The lowest BCUT2D eigenvalue weighted by Crippen LogP contribution is -2.47. The first-order valence-corrected chi connectivity index (χ1v) is 13.9. The summed E-state index contributed by atoms with van der Waals surface area (Å²) in [6, 6.07) is 27.2. The van der Waals surface area contributed by atoms with Crippen LogP contribution in [0.1, 0.15) is 66.8 Å². The van der Waals surface area contributed by atoms with Gasteiger partial charge in [-0.1, -0.05) is 68.8 Å². The third kappa shape index (κ3) is 4.76. The number of carbonyl (C=O) groups is 2. The van der Waals surface area contributed by atoms with Gasteiger partial charge in [-0.3, -0.25) is 14.5 Å². The van der Waals surface area contributed by atoms with Gasteiger partial charge in [-0.25, -0.2) is 0 Å². The number of para-hydroxylation sites is 2. The average Bonchev–Trinajstić information content (AvgIpc) is 3.65. The molecule has 0 spiro atoms. The first kappa shape index (κ1) is 25.4. The van der Waals surface area contributed by atoms with Crippen molar-refractivity contribution < 1.29 is 9.59 Å². The Kier molecular flexibility index (Phi) is 6.35. The fourth-order valence-electron chi connectivity index (χ4n) is 5.48. The maximum absolute atomic E-state index is 14.3. The highest BCUT2D eigenvalue weighted by Gasteiger charge is 2.40. The van der Waals surface area contributed by atoms with Crippen LogP contribution in [0.2, 0.25) is 5.02 Å². The molecule has 0 N–H and O–H groups in total. The summed E-state index contributed by atoms with van der Waals surface area (Å²) in [6.07, 6.45) is 3.86. The predicted octanol–water partition coefficient (Wildman–Crippen LogP) is 7.17. The fraction of sp³-hybridized carbons (Fsp3) is 0.273. The molecule has 1 aliphatic heterocycles. The smallest absolute Gasteiger partial charge is 0.254 e. The standard InChI is InChI=1S/C33H32ClN3O2/c1-33(2,3)24-14-10-23(11-15-24)32(39)36(26-18-19-26)21-30(38)37-28-8-5-4-7-27(28)35-20-6-9-29(35)31(37)22-12-16-25(34)17-13-22/h4-17,20,26,31H,18-19,21H2,1-3H3. The van der Waals surface area contributed by atoms with Gasteiger partial charge in [-0.2, -0.15) is 0 Å². The van der Waals surface area contributed by atoms with Gasteiger partial charge in [-0.05, 0) is 77.9 Å². The number of aromatic nitrogens is 1. The Morgan fingerprint density at radius 3 is 2.18 bits per heavy atom. The molecule has 1 atom stereocenters. The number of halogens is 1. The van der Waals surface area contributed by atoms with Gasteiger partial charge in [0, 0.05) is 22.8 Å². The van der Waals surface area contributed by atoms with E-state index in [4.69, 9.17) is 11.6 Å². The van der Waals surface area contributed by atoms with Gasteiger partial charge in [0.25, 0.3) is 5.91 Å². The second-order valence-electron chi connectivity index (χ2n) is 11.5. The molecule has 1 fully saturated rings. The molecule has 39 heavy (non-hydrogen) atoms. The quantitative estimate of drug-likeness (QED) is 0.271. The minimum absolute atomic E-state index is 0.00369. The molecule has 2 heterocycles. The maximum atomic E-state index is 14.3. The molecule has 1 aliphatic carbocycles. The van der Waals surface area contributed by atoms with Crippen molar-refractivity contribution in [2.24, 2.45) is 0 Å². The van der Waals surface area contributed by atoms with Crippen LogP contribution in [-0.2, 0) is 10.2 Å². The van der Waals surface area contributed by atoms with Crippen molar-refractivity contribution in [3.8, 4) is 5.69 Å². The van der Waals surface area contributed by atoms with Crippen molar-refractivity contribution >= 4 is 29.1 Å². The minimum atomic E-state index is -0.345. The summed E-state index contributed by atoms with van der Waals surface area (Å²) in [5, 5.41) is 0.645. The zero-order chi connectivity index (χ0) is 27.3. The summed E-state index contributed by atoms with van der Waals surface area (Å²) in [4.78, 5) is 31.7. The zero-order valence-corrected chi connectivity index (χ0v) is 23.2. The number of anilines is 1. The topological polar surface area (TPSA) is 45.6 Å². The van der Waals surface area contributed by atoms with Gasteiger partial charge in [0.2, 0.25) is 5.91 Å². The van der Waals surface area contributed by atoms with Crippen LogP contribution < -0.4 is 4.90 Å². The third-order valence-electron chi connectivity index (χ3n) is 7.73. The van der Waals surface area contributed by atoms with Crippen LogP contribution in [0, 0.1) is 0 Å². The molecule has 198 valence electrons. The van der Waals surface area contributed by atoms with Crippen LogP contribution in [-0.4, -0.2) is 33.9 Å². The van der Waals surface area contributed by atoms with Crippen molar-refractivity contribution in [2.75, 3.05) is 11.4 Å². The largest absolute Gasteiger partial charge is 0.326 e. The molecule has 6 rings (SSSR count). The lowest BCUT2D eigenvalue weighted by Gasteiger charge is -2.39.